The van der Waals surface area contributed by atoms with Gasteiger partial charge in [0.1, 0.15) is 11.9 Å². The maximum absolute atomic E-state index is 10.4. The Morgan fingerprint density at radius 2 is 1.95 bits per heavy atom. The Balaban J connectivity index is 2.25. The highest BCUT2D eigenvalue weighted by Gasteiger charge is 2.16. The Morgan fingerprint density at radius 3 is 2.53 bits per heavy atom. The van der Waals surface area contributed by atoms with E-state index < -0.39 is 6.10 Å². The standard InChI is InChI=1S/C15H20N2O2/c1-4-17-14(10-11(3)16-17)15(18)12-6-8-13(9-7-12)19-5-2/h6-10,15,18H,4-5H2,1-3H3. The molecule has 2 aromatic rings. The van der Waals surface area contributed by atoms with Crippen molar-refractivity contribution in [1.82, 2.24) is 9.78 Å². The van der Waals surface area contributed by atoms with Crippen molar-refractivity contribution in [3.8, 4) is 5.75 Å². The van der Waals surface area contributed by atoms with E-state index in [1.807, 2.05) is 55.8 Å². The summed E-state index contributed by atoms with van der Waals surface area (Å²) in [6.45, 7) is 7.29. The van der Waals surface area contributed by atoms with Gasteiger partial charge in [0, 0.05) is 6.54 Å². The van der Waals surface area contributed by atoms with Gasteiger partial charge in [-0.3, -0.25) is 4.68 Å². The average molecular weight is 260 g/mol. The van der Waals surface area contributed by atoms with Crippen molar-refractivity contribution in [2.24, 2.45) is 0 Å². The third-order valence-corrected chi connectivity index (χ3v) is 3.02. The Labute approximate surface area is 113 Å². The molecule has 0 spiro atoms. The first-order chi connectivity index (χ1) is 9.15. The van der Waals surface area contributed by atoms with Gasteiger partial charge >= 0.3 is 0 Å². The van der Waals surface area contributed by atoms with Gasteiger partial charge in [0.2, 0.25) is 0 Å². The first-order valence-electron chi connectivity index (χ1n) is 6.60. The Morgan fingerprint density at radius 1 is 1.26 bits per heavy atom. The summed E-state index contributed by atoms with van der Waals surface area (Å²) < 4.78 is 7.23. The molecule has 0 bridgehead atoms. The van der Waals surface area contributed by atoms with Crippen LogP contribution in [0.4, 0.5) is 0 Å². The van der Waals surface area contributed by atoms with Crippen LogP contribution in [0.2, 0.25) is 0 Å². The van der Waals surface area contributed by atoms with E-state index in [-0.39, 0.29) is 0 Å². The summed E-state index contributed by atoms with van der Waals surface area (Å²) in [5.74, 6) is 0.818. The second kappa shape index (κ2) is 5.89. The highest BCUT2D eigenvalue weighted by Crippen LogP contribution is 2.24. The van der Waals surface area contributed by atoms with E-state index in [1.165, 1.54) is 0 Å². The molecule has 0 aliphatic carbocycles. The fourth-order valence-electron chi connectivity index (χ4n) is 2.12. The van der Waals surface area contributed by atoms with Crippen molar-refractivity contribution in [3.05, 3.63) is 47.3 Å². The van der Waals surface area contributed by atoms with Gasteiger partial charge in [-0.15, -0.1) is 0 Å². The molecule has 102 valence electrons. The Bertz CT molecular complexity index is 532. The van der Waals surface area contributed by atoms with Crippen LogP contribution in [0.15, 0.2) is 30.3 Å². The van der Waals surface area contributed by atoms with E-state index in [0.29, 0.717) is 6.61 Å². The number of benzene rings is 1. The molecular weight excluding hydrogens is 240 g/mol. The van der Waals surface area contributed by atoms with E-state index in [0.717, 1.165) is 29.2 Å². The fraction of sp³-hybridized carbons (Fsp3) is 0.400. The molecule has 1 heterocycles. The maximum atomic E-state index is 10.4. The van der Waals surface area contributed by atoms with E-state index in [1.54, 1.807) is 0 Å². The molecule has 2 rings (SSSR count). The Kier molecular flexibility index (Phi) is 4.22. The van der Waals surface area contributed by atoms with Crippen LogP contribution >= 0.6 is 0 Å². The molecule has 1 N–H and O–H groups in total. The van der Waals surface area contributed by atoms with Crippen LogP contribution in [-0.4, -0.2) is 21.5 Å². The summed E-state index contributed by atoms with van der Waals surface area (Å²) in [6.07, 6.45) is -0.656. The molecule has 1 aromatic heterocycles. The first-order valence-corrected chi connectivity index (χ1v) is 6.60. The molecule has 4 nitrogen and oxygen atoms in total. The second-order valence-electron chi connectivity index (χ2n) is 4.43. The van der Waals surface area contributed by atoms with Crippen LogP contribution in [0.3, 0.4) is 0 Å². The van der Waals surface area contributed by atoms with Gasteiger partial charge < -0.3 is 9.84 Å². The molecule has 1 atom stereocenters. The minimum atomic E-state index is -0.656. The average Bonchev–Trinajstić information content (AvgIpc) is 2.80. The highest BCUT2D eigenvalue weighted by atomic mass is 16.5. The molecule has 0 aliphatic rings. The number of nitrogens with zero attached hydrogens (tertiary/aromatic N) is 2. The van der Waals surface area contributed by atoms with Gasteiger partial charge in [-0.2, -0.15) is 5.10 Å². The topological polar surface area (TPSA) is 47.3 Å². The number of rotatable bonds is 5. The zero-order valence-corrected chi connectivity index (χ0v) is 11.6. The molecule has 0 saturated carbocycles. The lowest BCUT2D eigenvalue weighted by molar-refractivity contribution is 0.208. The maximum Gasteiger partial charge on any atom is 0.121 e. The van der Waals surface area contributed by atoms with Crippen LogP contribution in [0, 0.1) is 6.92 Å². The number of aryl methyl sites for hydroxylation is 2. The molecule has 1 unspecified atom stereocenters. The molecule has 0 aliphatic heterocycles. The van der Waals surface area contributed by atoms with Gasteiger partial charge in [-0.25, -0.2) is 0 Å². The van der Waals surface area contributed by atoms with Gasteiger partial charge in [0.15, 0.2) is 0 Å². The number of hydrogen-bond acceptors (Lipinski definition) is 3. The van der Waals surface area contributed by atoms with Gasteiger partial charge in [0.05, 0.1) is 18.0 Å². The smallest absolute Gasteiger partial charge is 0.121 e. The van der Waals surface area contributed by atoms with Crippen molar-refractivity contribution in [2.45, 2.75) is 33.4 Å². The summed E-state index contributed by atoms with van der Waals surface area (Å²) in [4.78, 5) is 0. The van der Waals surface area contributed by atoms with E-state index in [2.05, 4.69) is 5.10 Å². The lowest BCUT2D eigenvalue weighted by atomic mass is 10.1. The number of hydrogen-bond donors (Lipinski definition) is 1. The molecule has 0 fully saturated rings. The number of ether oxygens (including phenoxy) is 1. The van der Waals surface area contributed by atoms with Gasteiger partial charge in [-0.1, -0.05) is 12.1 Å². The summed E-state index contributed by atoms with van der Waals surface area (Å²) in [5, 5.41) is 14.8. The van der Waals surface area contributed by atoms with E-state index >= 15 is 0 Å². The SMILES string of the molecule is CCOc1ccc(C(O)c2cc(C)nn2CC)cc1. The van der Waals surface area contributed by atoms with E-state index in [9.17, 15) is 5.11 Å². The molecule has 0 radical (unpaired) electrons. The monoisotopic (exact) mass is 260 g/mol. The van der Waals surface area contributed by atoms with Crippen molar-refractivity contribution in [2.75, 3.05) is 6.61 Å². The summed E-state index contributed by atoms with van der Waals surface area (Å²) in [6, 6.07) is 9.45. The van der Waals surface area contributed by atoms with Crippen LogP contribution in [0.5, 0.6) is 5.75 Å². The zero-order valence-electron chi connectivity index (χ0n) is 11.6. The van der Waals surface area contributed by atoms with Crippen molar-refractivity contribution in [3.63, 3.8) is 0 Å². The van der Waals surface area contributed by atoms with Crippen molar-refractivity contribution >= 4 is 0 Å². The number of aliphatic hydroxyl groups is 1. The third-order valence-electron chi connectivity index (χ3n) is 3.02. The summed E-state index contributed by atoms with van der Waals surface area (Å²) in [7, 11) is 0. The number of aromatic nitrogens is 2. The quantitative estimate of drug-likeness (QED) is 0.899. The molecular formula is C15H20N2O2. The first kappa shape index (κ1) is 13.6. The van der Waals surface area contributed by atoms with Crippen LogP contribution in [0.25, 0.3) is 0 Å². The highest BCUT2D eigenvalue weighted by molar-refractivity contribution is 5.32. The van der Waals surface area contributed by atoms with Crippen molar-refractivity contribution in [1.29, 1.82) is 0 Å². The lowest BCUT2D eigenvalue weighted by Gasteiger charge is -2.13. The molecule has 1 aromatic carbocycles. The van der Waals surface area contributed by atoms with Crippen LogP contribution in [0.1, 0.15) is 36.9 Å². The lowest BCUT2D eigenvalue weighted by Crippen LogP contribution is -2.09. The summed E-state index contributed by atoms with van der Waals surface area (Å²) in [5.41, 5.74) is 2.59. The Hall–Kier alpha value is -1.81. The van der Waals surface area contributed by atoms with Crippen LogP contribution < -0.4 is 4.74 Å². The predicted molar refractivity (Wildman–Crippen MR) is 74.3 cm³/mol. The minimum Gasteiger partial charge on any atom is -0.494 e. The normalized spacial score (nSPS) is 12.4. The molecule has 0 amide bonds. The molecule has 0 saturated heterocycles. The zero-order chi connectivity index (χ0) is 13.8. The van der Waals surface area contributed by atoms with Crippen LogP contribution in [-0.2, 0) is 6.54 Å². The molecule has 4 heteroatoms. The van der Waals surface area contributed by atoms with Gasteiger partial charge in [-0.05, 0) is 44.5 Å². The minimum absolute atomic E-state index is 0.643. The number of aliphatic hydroxyl groups excluding tert-OH is 1. The van der Waals surface area contributed by atoms with E-state index in [4.69, 9.17) is 4.74 Å². The predicted octanol–water partition coefficient (Wildman–Crippen LogP) is 2.69. The largest absolute Gasteiger partial charge is 0.494 e. The second-order valence-corrected chi connectivity index (χ2v) is 4.43. The van der Waals surface area contributed by atoms with Gasteiger partial charge in [0.25, 0.3) is 0 Å². The fourth-order valence-corrected chi connectivity index (χ4v) is 2.12. The van der Waals surface area contributed by atoms with Crippen molar-refractivity contribution < 1.29 is 9.84 Å². The summed E-state index contributed by atoms with van der Waals surface area (Å²) >= 11 is 0. The molecule has 19 heavy (non-hydrogen) atoms. The third kappa shape index (κ3) is 2.96.